The quantitative estimate of drug-likeness (QED) is 0.866. The zero-order valence-corrected chi connectivity index (χ0v) is 12.4. The molecule has 2 aliphatic rings. The first kappa shape index (κ1) is 14.4. The molecule has 4 nitrogen and oxygen atoms in total. The maximum Gasteiger partial charge on any atom is 0.228 e. The molecule has 1 aromatic carbocycles. The second-order valence-electron chi connectivity index (χ2n) is 5.43. The summed E-state index contributed by atoms with van der Waals surface area (Å²) in [6.45, 7) is 0. The van der Waals surface area contributed by atoms with Crippen LogP contribution in [0.2, 0.25) is 10.0 Å². The fourth-order valence-electron chi connectivity index (χ4n) is 3.31. The second-order valence-corrected chi connectivity index (χ2v) is 6.28. The molecule has 0 aromatic heterocycles. The number of hydrogen-bond acceptors (Lipinski definition) is 3. The summed E-state index contributed by atoms with van der Waals surface area (Å²) in [6, 6.07) is 4.74. The fraction of sp³-hybridized carbons (Fsp3) is 0.333. The number of carbonyl (C=O) groups is 2. The molecule has 2 aliphatic carbocycles. The first-order valence-electron chi connectivity index (χ1n) is 6.62. The van der Waals surface area contributed by atoms with Crippen LogP contribution in [0.5, 0.6) is 0 Å². The summed E-state index contributed by atoms with van der Waals surface area (Å²) in [5.74, 6) is -3.12. The van der Waals surface area contributed by atoms with Gasteiger partial charge in [0.15, 0.2) is 0 Å². The van der Waals surface area contributed by atoms with Crippen LogP contribution in [-0.2, 0) is 9.59 Å². The minimum atomic E-state index is -1.18. The van der Waals surface area contributed by atoms with Gasteiger partial charge in [0.05, 0.1) is 16.6 Å². The number of carboxylic acids is 1. The number of rotatable bonds is 3. The Hall–Kier alpha value is -1.52. The number of allylic oxidation sites excluding steroid dienone is 2. The molecule has 21 heavy (non-hydrogen) atoms. The third kappa shape index (κ3) is 2.54. The summed E-state index contributed by atoms with van der Waals surface area (Å²) < 4.78 is 0. The predicted octanol–water partition coefficient (Wildman–Crippen LogP) is 2.12. The van der Waals surface area contributed by atoms with Crippen molar-refractivity contribution in [3.05, 3.63) is 40.4 Å². The van der Waals surface area contributed by atoms with E-state index in [2.05, 4.69) is 5.32 Å². The van der Waals surface area contributed by atoms with Crippen molar-refractivity contribution in [2.75, 3.05) is 5.32 Å². The third-order valence-corrected chi connectivity index (χ3v) is 4.79. The van der Waals surface area contributed by atoms with E-state index in [-0.39, 0.29) is 17.7 Å². The number of aliphatic carboxylic acids is 1. The van der Waals surface area contributed by atoms with Crippen LogP contribution < -0.4 is 10.4 Å². The van der Waals surface area contributed by atoms with Crippen molar-refractivity contribution < 1.29 is 14.7 Å². The molecular formula is C15H12Cl2NO3-. The molecule has 0 saturated heterocycles. The van der Waals surface area contributed by atoms with Crippen LogP contribution in [0.15, 0.2) is 30.4 Å². The molecule has 0 heterocycles. The average molecular weight is 325 g/mol. The molecule has 3 rings (SSSR count). The third-order valence-electron chi connectivity index (χ3n) is 4.22. The Kier molecular flexibility index (Phi) is 3.68. The number of benzene rings is 1. The molecule has 0 aliphatic heterocycles. The molecule has 1 fully saturated rings. The smallest absolute Gasteiger partial charge is 0.228 e. The van der Waals surface area contributed by atoms with E-state index in [9.17, 15) is 14.7 Å². The number of fused-ring (bicyclic) bond motifs is 2. The van der Waals surface area contributed by atoms with Crippen molar-refractivity contribution in [3.8, 4) is 0 Å². The van der Waals surface area contributed by atoms with E-state index in [4.69, 9.17) is 23.2 Å². The van der Waals surface area contributed by atoms with Gasteiger partial charge in [-0.25, -0.2) is 0 Å². The largest absolute Gasteiger partial charge is 0.550 e. The van der Waals surface area contributed by atoms with E-state index in [1.54, 1.807) is 18.2 Å². The van der Waals surface area contributed by atoms with Gasteiger partial charge in [-0.15, -0.1) is 0 Å². The Balaban J connectivity index is 1.83. The van der Waals surface area contributed by atoms with Crippen LogP contribution in [0.1, 0.15) is 6.42 Å². The molecule has 6 heteroatoms. The van der Waals surface area contributed by atoms with Crippen LogP contribution >= 0.6 is 23.2 Å². The lowest BCUT2D eigenvalue weighted by Gasteiger charge is -2.28. The van der Waals surface area contributed by atoms with Gasteiger partial charge in [-0.1, -0.05) is 35.4 Å². The van der Waals surface area contributed by atoms with Gasteiger partial charge in [0.25, 0.3) is 0 Å². The lowest BCUT2D eigenvalue weighted by atomic mass is 9.82. The van der Waals surface area contributed by atoms with Crippen molar-refractivity contribution in [1.29, 1.82) is 0 Å². The van der Waals surface area contributed by atoms with Crippen molar-refractivity contribution >= 4 is 40.8 Å². The maximum atomic E-state index is 12.4. The summed E-state index contributed by atoms with van der Waals surface area (Å²) in [4.78, 5) is 23.8. The minimum absolute atomic E-state index is 0.0594. The molecular weight excluding hydrogens is 313 g/mol. The Morgan fingerprint density at radius 2 is 1.81 bits per heavy atom. The predicted molar refractivity (Wildman–Crippen MR) is 77.8 cm³/mol. The van der Waals surface area contributed by atoms with Crippen molar-refractivity contribution in [2.45, 2.75) is 6.42 Å². The summed E-state index contributed by atoms with van der Waals surface area (Å²) in [5.41, 5.74) is 0.387. The molecule has 0 spiro atoms. The molecule has 1 saturated carbocycles. The highest BCUT2D eigenvalue weighted by Gasteiger charge is 2.48. The molecule has 1 aromatic rings. The van der Waals surface area contributed by atoms with E-state index in [1.807, 2.05) is 12.2 Å². The van der Waals surface area contributed by atoms with E-state index >= 15 is 0 Å². The Morgan fingerprint density at radius 3 is 2.48 bits per heavy atom. The normalized spacial score (nSPS) is 29.6. The van der Waals surface area contributed by atoms with Gasteiger partial charge in [-0.05, 0) is 36.5 Å². The molecule has 4 atom stereocenters. The van der Waals surface area contributed by atoms with Crippen molar-refractivity contribution in [3.63, 3.8) is 0 Å². The summed E-state index contributed by atoms with van der Waals surface area (Å²) >= 11 is 11.9. The lowest BCUT2D eigenvalue weighted by molar-refractivity contribution is -0.313. The molecule has 0 radical (unpaired) electrons. The topological polar surface area (TPSA) is 69.2 Å². The van der Waals surface area contributed by atoms with Crippen molar-refractivity contribution in [1.82, 2.24) is 0 Å². The van der Waals surface area contributed by atoms with Crippen LogP contribution in [-0.4, -0.2) is 11.9 Å². The van der Waals surface area contributed by atoms with Gasteiger partial charge in [0, 0.05) is 16.9 Å². The van der Waals surface area contributed by atoms with E-state index in [1.165, 1.54) is 0 Å². The first-order valence-corrected chi connectivity index (χ1v) is 7.38. The van der Waals surface area contributed by atoms with Gasteiger partial charge in [-0.2, -0.15) is 0 Å². The number of halogens is 2. The van der Waals surface area contributed by atoms with Crippen LogP contribution in [0.25, 0.3) is 0 Å². The fourth-order valence-corrected chi connectivity index (χ4v) is 3.65. The van der Waals surface area contributed by atoms with E-state index in [0.29, 0.717) is 22.2 Å². The second kappa shape index (κ2) is 5.35. The SMILES string of the molecule is O=C([O-])C1C2C=CC(C2)C1C(=O)Nc1cc(Cl)ccc1Cl. The van der Waals surface area contributed by atoms with Gasteiger partial charge in [-0.3, -0.25) is 4.79 Å². The minimum Gasteiger partial charge on any atom is -0.550 e. The zero-order valence-electron chi connectivity index (χ0n) is 10.9. The number of anilines is 1. The first-order chi connectivity index (χ1) is 9.97. The van der Waals surface area contributed by atoms with Gasteiger partial charge < -0.3 is 15.2 Å². The number of carbonyl (C=O) groups excluding carboxylic acids is 2. The van der Waals surface area contributed by atoms with E-state index < -0.39 is 17.8 Å². The summed E-state index contributed by atoms with van der Waals surface area (Å²) in [6.07, 6.45) is 4.45. The number of amides is 1. The number of carboxylic acid groups (broad SMARTS) is 1. The lowest BCUT2D eigenvalue weighted by Crippen LogP contribution is -2.42. The average Bonchev–Trinajstić information content (AvgIpc) is 3.03. The van der Waals surface area contributed by atoms with E-state index in [0.717, 1.165) is 0 Å². The molecule has 4 unspecified atom stereocenters. The highest BCUT2D eigenvalue weighted by atomic mass is 35.5. The Labute approximate surface area is 131 Å². The molecule has 1 amide bonds. The summed E-state index contributed by atoms with van der Waals surface area (Å²) in [7, 11) is 0. The monoisotopic (exact) mass is 324 g/mol. The Bertz CT molecular complexity index is 644. The van der Waals surface area contributed by atoms with Gasteiger partial charge in [0.1, 0.15) is 0 Å². The zero-order chi connectivity index (χ0) is 15.1. The van der Waals surface area contributed by atoms with Crippen LogP contribution in [0.4, 0.5) is 5.69 Å². The maximum absolute atomic E-state index is 12.4. The van der Waals surface area contributed by atoms with Gasteiger partial charge >= 0.3 is 0 Å². The Morgan fingerprint density at radius 1 is 1.14 bits per heavy atom. The highest BCUT2D eigenvalue weighted by molar-refractivity contribution is 6.35. The van der Waals surface area contributed by atoms with Crippen LogP contribution in [0.3, 0.4) is 0 Å². The number of hydrogen-bond donors (Lipinski definition) is 1. The van der Waals surface area contributed by atoms with Gasteiger partial charge in [0.2, 0.25) is 5.91 Å². The standard InChI is InChI=1S/C15H13Cl2NO3/c16-9-3-4-10(17)11(6-9)18-14(19)12-7-1-2-8(5-7)13(12)15(20)21/h1-4,6-8,12-13H,5H2,(H,18,19)(H,20,21)/p-1. The highest BCUT2D eigenvalue weighted by Crippen LogP contribution is 2.48. The molecule has 110 valence electrons. The summed E-state index contributed by atoms with van der Waals surface area (Å²) in [5, 5.41) is 14.8. The molecule has 1 N–H and O–H groups in total. The van der Waals surface area contributed by atoms with Crippen LogP contribution in [0, 0.1) is 23.7 Å². The van der Waals surface area contributed by atoms with Crippen molar-refractivity contribution in [2.24, 2.45) is 23.7 Å². The number of nitrogens with one attached hydrogen (secondary N) is 1. The molecule has 2 bridgehead atoms.